The molecule has 6 rings (SSSR count). The second-order valence-corrected chi connectivity index (χ2v) is 8.53. The summed E-state index contributed by atoms with van der Waals surface area (Å²) in [5, 5.41) is 0.579. The lowest BCUT2D eigenvalue weighted by molar-refractivity contribution is 0.0736. The molecule has 3 aromatic carbocycles. The molecule has 7 heteroatoms. The molecule has 0 N–H and O–H groups in total. The van der Waals surface area contributed by atoms with Crippen LogP contribution in [0.3, 0.4) is 0 Å². The van der Waals surface area contributed by atoms with Gasteiger partial charge in [0.2, 0.25) is 5.78 Å². The van der Waals surface area contributed by atoms with Gasteiger partial charge in [-0.05, 0) is 61.0 Å². The highest BCUT2D eigenvalue weighted by Gasteiger charge is 2.29. The predicted molar refractivity (Wildman–Crippen MR) is 141 cm³/mol. The summed E-state index contributed by atoms with van der Waals surface area (Å²) in [7, 11) is 0. The number of nitrogens with zero attached hydrogens (tertiary/aromatic N) is 1. The first-order valence-corrected chi connectivity index (χ1v) is 12.1. The smallest absolute Gasteiger partial charge is 0.348 e. The fourth-order valence-corrected chi connectivity index (χ4v) is 4.33. The number of ether oxygens (including phenoxy) is 3. The molecule has 7 nitrogen and oxygen atoms in total. The van der Waals surface area contributed by atoms with Gasteiger partial charge in [-0.1, -0.05) is 30.3 Å². The first-order valence-electron chi connectivity index (χ1n) is 12.1. The lowest BCUT2D eigenvalue weighted by Crippen LogP contribution is -2.09. The van der Waals surface area contributed by atoms with E-state index in [1.165, 1.54) is 6.07 Å². The number of allylic oxidation sites excluding steroid dienone is 1. The van der Waals surface area contributed by atoms with Crippen molar-refractivity contribution in [2.45, 2.75) is 6.92 Å². The van der Waals surface area contributed by atoms with E-state index in [1.807, 2.05) is 37.3 Å². The topological polar surface area (TPSA) is 87.9 Å². The van der Waals surface area contributed by atoms with Crippen LogP contribution in [0.2, 0.25) is 0 Å². The van der Waals surface area contributed by atoms with Crippen molar-refractivity contribution in [3.63, 3.8) is 0 Å². The molecule has 3 heterocycles. The Labute approximate surface area is 217 Å². The minimum atomic E-state index is -0.604. The van der Waals surface area contributed by atoms with Gasteiger partial charge < -0.3 is 18.6 Å². The van der Waals surface area contributed by atoms with E-state index < -0.39 is 5.97 Å². The first-order chi connectivity index (χ1) is 18.6. The highest BCUT2D eigenvalue weighted by Crippen LogP contribution is 2.38. The monoisotopic (exact) mass is 503 g/mol. The van der Waals surface area contributed by atoms with Gasteiger partial charge in [0.05, 0.1) is 12.2 Å². The molecule has 0 amide bonds. The summed E-state index contributed by atoms with van der Waals surface area (Å²) in [5.74, 6) is 0.908. The van der Waals surface area contributed by atoms with E-state index in [9.17, 15) is 9.59 Å². The number of aromatic nitrogens is 1. The molecule has 38 heavy (non-hydrogen) atoms. The molecule has 0 aliphatic carbocycles. The average Bonchev–Trinajstić information content (AvgIpc) is 3.47. The zero-order valence-corrected chi connectivity index (χ0v) is 20.3. The summed E-state index contributed by atoms with van der Waals surface area (Å²) in [6.07, 6.45) is 4.92. The van der Waals surface area contributed by atoms with Gasteiger partial charge in [-0.15, -0.1) is 0 Å². The van der Waals surface area contributed by atoms with Crippen LogP contribution in [-0.2, 0) is 0 Å². The molecule has 0 fully saturated rings. The van der Waals surface area contributed by atoms with Crippen LogP contribution in [0.1, 0.15) is 33.2 Å². The second-order valence-electron chi connectivity index (χ2n) is 8.53. The molecule has 1 aliphatic rings. The third kappa shape index (κ3) is 4.30. The lowest BCUT2D eigenvalue weighted by Gasteiger charge is -2.07. The van der Waals surface area contributed by atoms with E-state index >= 15 is 0 Å². The van der Waals surface area contributed by atoms with E-state index in [4.69, 9.17) is 18.6 Å². The van der Waals surface area contributed by atoms with E-state index in [2.05, 4.69) is 4.98 Å². The minimum absolute atomic E-state index is 0.185. The Kier molecular flexibility index (Phi) is 5.94. The van der Waals surface area contributed by atoms with Crippen molar-refractivity contribution in [3.05, 3.63) is 114 Å². The molecule has 2 aromatic heterocycles. The molecule has 0 atom stereocenters. The van der Waals surface area contributed by atoms with Gasteiger partial charge in [-0.3, -0.25) is 9.78 Å². The number of rotatable bonds is 6. The fraction of sp³-hybridized carbons (Fsp3) is 0.0645. The number of hydrogen-bond acceptors (Lipinski definition) is 7. The van der Waals surface area contributed by atoms with Crippen molar-refractivity contribution in [1.29, 1.82) is 0 Å². The van der Waals surface area contributed by atoms with Gasteiger partial charge in [-0.25, -0.2) is 4.79 Å². The second kappa shape index (κ2) is 9.71. The number of Topliss-reactive ketones (excluding diaryl/α,β-unsaturated/α-hetero) is 1. The third-order valence-corrected chi connectivity index (χ3v) is 6.07. The molecule has 0 saturated carbocycles. The predicted octanol–water partition coefficient (Wildman–Crippen LogP) is 6.73. The molecular weight excluding hydrogens is 482 g/mol. The van der Waals surface area contributed by atoms with Crippen LogP contribution >= 0.6 is 0 Å². The zero-order valence-electron chi connectivity index (χ0n) is 20.3. The van der Waals surface area contributed by atoms with Gasteiger partial charge in [0.1, 0.15) is 34.2 Å². The van der Waals surface area contributed by atoms with Crippen molar-refractivity contribution in [2.75, 3.05) is 6.61 Å². The Morgan fingerprint density at radius 2 is 1.74 bits per heavy atom. The van der Waals surface area contributed by atoms with Crippen molar-refractivity contribution in [3.8, 4) is 28.6 Å². The van der Waals surface area contributed by atoms with Crippen LogP contribution in [0.5, 0.6) is 17.2 Å². The summed E-state index contributed by atoms with van der Waals surface area (Å²) in [6.45, 7) is 2.38. The molecule has 0 unspecified atom stereocenters. The number of furan rings is 1. The molecule has 1 aliphatic heterocycles. The third-order valence-electron chi connectivity index (χ3n) is 6.07. The van der Waals surface area contributed by atoms with E-state index in [1.54, 1.807) is 60.9 Å². The van der Waals surface area contributed by atoms with Crippen LogP contribution in [0.25, 0.3) is 28.4 Å². The Morgan fingerprint density at radius 3 is 2.53 bits per heavy atom. The lowest BCUT2D eigenvalue weighted by atomic mass is 10.1. The van der Waals surface area contributed by atoms with E-state index in [-0.39, 0.29) is 22.9 Å². The Hall–Kier alpha value is -5.17. The van der Waals surface area contributed by atoms with Crippen LogP contribution < -0.4 is 14.2 Å². The van der Waals surface area contributed by atoms with Crippen molar-refractivity contribution in [2.24, 2.45) is 0 Å². The normalized spacial score (nSPS) is 13.4. The molecule has 0 radical (unpaired) electrons. The molecular formula is C31H21NO6. The van der Waals surface area contributed by atoms with Gasteiger partial charge in [0, 0.05) is 29.4 Å². The van der Waals surface area contributed by atoms with Gasteiger partial charge in [0.15, 0.2) is 5.76 Å². The number of carbonyl (C=O) groups excluding carboxylic acids is 2. The standard InChI is InChI=1S/C31H21NO6/c1-2-35-21-9-11-25-24(17-21)28(30(38-25)20-6-4-3-5-7-20)31(34)36-22-8-10-23-26(18-22)37-27(29(23)33)16-19-12-14-32-15-13-19/h3-18H,2H2,1H3/b27-16-. The van der Waals surface area contributed by atoms with Crippen LogP contribution in [0.4, 0.5) is 0 Å². The maximum atomic E-state index is 13.6. The summed E-state index contributed by atoms with van der Waals surface area (Å²) >= 11 is 0. The minimum Gasteiger partial charge on any atom is -0.494 e. The quantitative estimate of drug-likeness (QED) is 0.144. The largest absolute Gasteiger partial charge is 0.494 e. The summed E-state index contributed by atoms with van der Waals surface area (Å²) in [6, 6.07) is 22.9. The van der Waals surface area contributed by atoms with Gasteiger partial charge in [0.25, 0.3) is 0 Å². The number of benzene rings is 3. The number of fused-ring (bicyclic) bond motifs is 2. The number of esters is 1. The number of ketones is 1. The van der Waals surface area contributed by atoms with Crippen molar-refractivity contribution in [1.82, 2.24) is 4.98 Å². The molecule has 0 spiro atoms. The van der Waals surface area contributed by atoms with E-state index in [0.29, 0.717) is 40.4 Å². The van der Waals surface area contributed by atoms with Crippen LogP contribution in [-0.4, -0.2) is 23.3 Å². The van der Waals surface area contributed by atoms with Gasteiger partial charge >= 0.3 is 5.97 Å². The van der Waals surface area contributed by atoms with E-state index in [0.717, 1.165) is 11.1 Å². The van der Waals surface area contributed by atoms with Crippen LogP contribution in [0, 0.1) is 0 Å². The zero-order chi connectivity index (χ0) is 26.1. The van der Waals surface area contributed by atoms with Crippen molar-refractivity contribution >= 4 is 28.8 Å². The van der Waals surface area contributed by atoms with Gasteiger partial charge in [-0.2, -0.15) is 0 Å². The Balaban J connectivity index is 1.34. The number of hydrogen-bond donors (Lipinski definition) is 0. The molecule has 0 bridgehead atoms. The molecule has 186 valence electrons. The SMILES string of the molecule is CCOc1ccc2oc(-c3ccccc3)c(C(=O)Oc3ccc4c(c3)O/C(=C\c3ccncc3)C4=O)c2c1. The first kappa shape index (κ1) is 23.2. The maximum Gasteiger partial charge on any atom is 0.348 e. The summed E-state index contributed by atoms with van der Waals surface area (Å²) in [4.78, 5) is 30.4. The molecule has 5 aromatic rings. The summed E-state index contributed by atoms with van der Waals surface area (Å²) < 4.78 is 23.3. The highest BCUT2D eigenvalue weighted by atomic mass is 16.5. The Bertz CT molecular complexity index is 1700. The molecule has 0 saturated heterocycles. The average molecular weight is 504 g/mol. The Morgan fingerprint density at radius 1 is 0.947 bits per heavy atom. The highest BCUT2D eigenvalue weighted by molar-refractivity contribution is 6.15. The summed E-state index contributed by atoms with van der Waals surface area (Å²) in [5.41, 5.74) is 2.73. The maximum absolute atomic E-state index is 13.6. The van der Waals surface area contributed by atoms with Crippen molar-refractivity contribution < 1.29 is 28.2 Å². The fourth-order valence-electron chi connectivity index (χ4n) is 4.33. The van der Waals surface area contributed by atoms with Crippen LogP contribution in [0.15, 0.2) is 101 Å². The number of carbonyl (C=O) groups is 2. The number of pyridine rings is 1.